The average Bonchev–Trinajstić information content (AvgIpc) is 2.55. The molecular weight excluding hydrogens is 364 g/mol. The molecule has 8 heteroatoms. The summed E-state index contributed by atoms with van der Waals surface area (Å²) < 4.78 is 23.2. The van der Waals surface area contributed by atoms with Crippen molar-refractivity contribution in [2.75, 3.05) is 18.6 Å². The van der Waals surface area contributed by atoms with E-state index in [9.17, 15) is 18.0 Å². The molecule has 0 saturated carbocycles. The molecule has 2 N–H and O–H groups in total. The number of anilines is 1. The molecule has 0 atom stereocenters. The molecule has 2 aromatic carbocycles. The van der Waals surface area contributed by atoms with E-state index < -0.39 is 15.7 Å². The fourth-order valence-corrected chi connectivity index (χ4v) is 2.94. The van der Waals surface area contributed by atoms with Gasteiger partial charge in [0.25, 0.3) is 5.91 Å². The maximum absolute atomic E-state index is 12.4. The molecule has 2 amide bonds. The largest absolute Gasteiger partial charge is 0.359 e. The highest BCUT2D eigenvalue weighted by Gasteiger charge is 2.15. The van der Waals surface area contributed by atoms with Crippen LogP contribution in [0.15, 0.2) is 47.4 Å². The average molecular weight is 381 g/mol. The first-order valence-corrected chi connectivity index (χ1v) is 9.58. The maximum atomic E-state index is 12.4. The number of carbonyl (C=O) groups excluding carboxylic acids is 2. The molecule has 25 heavy (non-hydrogen) atoms. The quantitative estimate of drug-likeness (QED) is 0.832. The smallest absolute Gasteiger partial charge is 0.257 e. The molecule has 0 aliphatic rings. The Morgan fingerprint density at radius 3 is 2.28 bits per heavy atom. The van der Waals surface area contributed by atoms with Crippen LogP contribution in [0.1, 0.15) is 15.9 Å². The van der Waals surface area contributed by atoms with Gasteiger partial charge in [-0.25, -0.2) is 8.42 Å². The number of nitrogens with one attached hydrogen (secondary N) is 2. The van der Waals surface area contributed by atoms with Crippen molar-refractivity contribution >= 4 is 38.9 Å². The van der Waals surface area contributed by atoms with E-state index in [1.165, 1.54) is 18.2 Å². The third kappa shape index (κ3) is 5.04. The first-order chi connectivity index (χ1) is 11.7. The van der Waals surface area contributed by atoms with Crippen molar-refractivity contribution in [3.05, 3.63) is 58.6 Å². The monoisotopic (exact) mass is 380 g/mol. The zero-order chi connectivity index (χ0) is 18.6. The van der Waals surface area contributed by atoms with E-state index in [-0.39, 0.29) is 27.8 Å². The van der Waals surface area contributed by atoms with Gasteiger partial charge in [0.2, 0.25) is 5.91 Å². The highest BCUT2D eigenvalue weighted by atomic mass is 35.5. The molecule has 2 aromatic rings. The van der Waals surface area contributed by atoms with Crippen LogP contribution in [-0.2, 0) is 21.1 Å². The van der Waals surface area contributed by atoms with Crippen molar-refractivity contribution in [1.82, 2.24) is 5.32 Å². The number of hydrogen-bond acceptors (Lipinski definition) is 4. The Hall–Kier alpha value is -2.38. The predicted octanol–water partition coefficient (Wildman–Crippen LogP) is 2.28. The first-order valence-electron chi connectivity index (χ1n) is 7.31. The Balaban J connectivity index is 2.18. The topological polar surface area (TPSA) is 92.3 Å². The van der Waals surface area contributed by atoms with Gasteiger partial charge in [-0.3, -0.25) is 9.59 Å². The number of halogens is 1. The van der Waals surface area contributed by atoms with Crippen molar-refractivity contribution in [2.24, 2.45) is 0 Å². The summed E-state index contributed by atoms with van der Waals surface area (Å²) in [6.45, 7) is 0. The van der Waals surface area contributed by atoms with E-state index in [4.69, 9.17) is 11.6 Å². The summed E-state index contributed by atoms with van der Waals surface area (Å²) in [4.78, 5) is 23.7. The first kappa shape index (κ1) is 19.0. The predicted molar refractivity (Wildman–Crippen MR) is 96.7 cm³/mol. The van der Waals surface area contributed by atoms with Gasteiger partial charge in [-0.1, -0.05) is 23.7 Å². The second kappa shape index (κ2) is 7.67. The SMILES string of the molecule is CNC(=O)Cc1ccc(NC(=O)c2cc(S(C)(=O)=O)ccc2Cl)cc1. The lowest BCUT2D eigenvalue weighted by Gasteiger charge is -2.09. The molecule has 0 unspecified atom stereocenters. The zero-order valence-corrected chi connectivity index (χ0v) is 15.2. The fraction of sp³-hybridized carbons (Fsp3) is 0.176. The van der Waals surface area contributed by atoms with Crippen molar-refractivity contribution < 1.29 is 18.0 Å². The Bertz CT molecular complexity index is 909. The molecule has 132 valence electrons. The number of rotatable bonds is 5. The van der Waals surface area contributed by atoms with E-state index in [1.807, 2.05) is 0 Å². The van der Waals surface area contributed by atoms with Gasteiger partial charge in [0.1, 0.15) is 0 Å². The third-order valence-corrected chi connectivity index (χ3v) is 4.91. The Morgan fingerprint density at radius 1 is 1.08 bits per heavy atom. The van der Waals surface area contributed by atoms with Crippen LogP contribution in [0.2, 0.25) is 5.02 Å². The summed E-state index contributed by atoms with van der Waals surface area (Å²) in [6, 6.07) is 10.7. The molecule has 0 saturated heterocycles. The van der Waals surface area contributed by atoms with E-state index in [0.29, 0.717) is 5.69 Å². The van der Waals surface area contributed by atoms with Gasteiger partial charge in [-0.2, -0.15) is 0 Å². The van der Waals surface area contributed by atoms with Crippen molar-refractivity contribution in [3.8, 4) is 0 Å². The molecule has 0 spiro atoms. The van der Waals surface area contributed by atoms with Gasteiger partial charge in [-0.15, -0.1) is 0 Å². The standard InChI is InChI=1S/C17H17ClN2O4S/c1-19-16(21)9-11-3-5-12(6-4-11)20-17(22)14-10-13(25(2,23)24)7-8-15(14)18/h3-8,10H,9H2,1-2H3,(H,19,21)(H,20,22). The highest BCUT2D eigenvalue weighted by Crippen LogP contribution is 2.22. The molecule has 0 bridgehead atoms. The summed E-state index contributed by atoms with van der Waals surface area (Å²) in [7, 11) is -1.88. The number of sulfone groups is 1. The Labute approximate surface area is 151 Å². The summed E-state index contributed by atoms with van der Waals surface area (Å²) in [6.07, 6.45) is 1.30. The van der Waals surface area contributed by atoms with Crippen LogP contribution in [0.4, 0.5) is 5.69 Å². The van der Waals surface area contributed by atoms with E-state index in [1.54, 1.807) is 31.3 Å². The lowest BCUT2D eigenvalue weighted by atomic mass is 10.1. The van der Waals surface area contributed by atoms with Gasteiger partial charge >= 0.3 is 0 Å². The van der Waals surface area contributed by atoms with Crippen molar-refractivity contribution in [1.29, 1.82) is 0 Å². The van der Waals surface area contributed by atoms with E-state index in [0.717, 1.165) is 11.8 Å². The molecule has 0 heterocycles. The van der Waals surface area contributed by atoms with Gasteiger partial charge in [0.15, 0.2) is 9.84 Å². The zero-order valence-electron chi connectivity index (χ0n) is 13.7. The molecular formula is C17H17ClN2O4S. The summed E-state index contributed by atoms with van der Waals surface area (Å²) in [5.74, 6) is -0.629. The summed E-state index contributed by atoms with van der Waals surface area (Å²) in [5.41, 5.74) is 1.37. The molecule has 0 radical (unpaired) electrons. The van der Waals surface area contributed by atoms with Crippen LogP contribution in [0.25, 0.3) is 0 Å². The molecule has 0 aromatic heterocycles. The second-order valence-corrected chi connectivity index (χ2v) is 7.84. The van der Waals surface area contributed by atoms with Gasteiger partial charge in [0.05, 0.1) is 21.9 Å². The van der Waals surface area contributed by atoms with Gasteiger partial charge in [-0.05, 0) is 35.9 Å². The molecule has 0 aliphatic heterocycles. The summed E-state index contributed by atoms with van der Waals surface area (Å²) >= 11 is 6.01. The molecule has 0 aliphatic carbocycles. The minimum atomic E-state index is -3.44. The lowest BCUT2D eigenvalue weighted by molar-refractivity contribution is -0.119. The lowest BCUT2D eigenvalue weighted by Crippen LogP contribution is -2.19. The molecule has 6 nitrogen and oxygen atoms in total. The van der Waals surface area contributed by atoms with Crippen LogP contribution < -0.4 is 10.6 Å². The number of hydrogen-bond donors (Lipinski definition) is 2. The van der Waals surface area contributed by atoms with Crippen LogP contribution in [0, 0.1) is 0 Å². The Kier molecular flexibility index (Phi) is 5.81. The number of carbonyl (C=O) groups is 2. The van der Waals surface area contributed by atoms with Gasteiger partial charge in [0, 0.05) is 19.0 Å². The van der Waals surface area contributed by atoms with Crippen molar-refractivity contribution in [3.63, 3.8) is 0 Å². The highest BCUT2D eigenvalue weighted by molar-refractivity contribution is 7.90. The molecule has 0 fully saturated rings. The minimum Gasteiger partial charge on any atom is -0.359 e. The minimum absolute atomic E-state index is 0.0166. The number of likely N-dealkylation sites (N-methyl/N-ethyl adjacent to an activating group) is 1. The fourth-order valence-electron chi connectivity index (χ4n) is 2.09. The van der Waals surface area contributed by atoms with Crippen molar-refractivity contribution in [2.45, 2.75) is 11.3 Å². The third-order valence-electron chi connectivity index (χ3n) is 3.47. The van der Waals surface area contributed by atoms with E-state index >= 15 is 0 Å². The maximum Gasteiger partial charge on any atom is 0.257 e. The second-order valence-electron chi connectivity index (χ2n) is 5.41. The molecule has 2 rings (SSSR count). The Morgan fingerprint density at radius 2 is 1.72 bits per heavy atom. The number of amides is 2. The summed E-state index contributed by atoms with van der Waals surface area (Å²) in [5, 5.41) is 5.34. The van der Waals surface area contributed by atoms with Gasteiger partial charge < -0.3 is 10.6 Å². The van der Waals surface area contributed by atoms with E-state index in [2.05, 4.69) is 10.6 Å². The van der Waals surface area contributed by atoms with Crippen LogP contribution >= 0.6 is 11.6 Å². The number of benzene rings is 2. The van der Waals surface area contributed by atoms with Crippen LogP contribution in [0.3, 0.4) is 0 Å². The van der Waals surface area contributed by atoms with Crippen LogP contribution in [-0.4, -0.2) is 33.5 Å². The normalized spacial score (nSPS) is 11.0. The van der Waals surface area contributed by atoms with Crippen LogP contribution in [0.5, 0.6) is 0 Å².